The van der Waals surface area contributed by atoms with Gasteiger partial charge in [-0.1, -0.05) is 74.3 Å². The Balaban J connectivity index is 1.22. The summed E-state index contributed by atoms with van der Waals surface area (Å²) in [5.74, 6) is 2.53. The maximum absolute atomic E-state index is 13.2. The van der Waals surface area contributed by atoms with Crippen LogP contribution < -0.4 is 0 Å². The third-order valence-corrected chi connectivity index (χ3v) is 12.0. The van der Waals surface area contributed by atoms with Gasteiger partial charge in [0.15, 0.2) is 0 Å². The first-order valence-electron chi connectivity index (χ1n) is 13.0. The third kappa shape index (κ3) is 6.11. The Kier molecular flexibility index (Phi) is 8.60. The highest BCUT2D eigenvalue weighted by molar-refractivity contribution is 6.59. The van der Waals surface area contributed by atoms with Crippen molar-refractivity contribution in [1.29, 1.82) is 0 Å². The zero-order valence-electron chi connectivity index (χ0n) is 20.1. The van der Waals surface area contributed by atoms with E-state index < -0.39 is 8.80 Å². The fraction of sp³-hybridized carbons (Fsp3) is 0.586. The van der Waals surface area contributed by atoms with Crippen molar-refractivity contribution in [2.45, 2.75) is 88.4 Å². The molecule has 1 aliphatic carbocycles. The van der Waals surface area contributed by atoms with E-state index in [1.165, 1.54) is 68.5 Å². The van der Waals surface area contributed by atoms with Gasteiger partial charge < -0.3 is 4.74 Å². The van der Waals surface area contributed by atoms with Crippen LogP contribution in [-0.4, -0.2) is 22.0 Å². The van der Waals surface area contributed by atoms with E-state index >= 15 is 0 Å². The molecule has 1 unspecified atom stereocenters. The van der Waals surface area contributed by atoms with Crippen LogP contribution >= 0.6 is 0 Å². The number of methoxy groups -OCH3 is 1. The standard InChI is InChI=1S/C29H41FOSi/c1-3-29(31-2)18-21-32-19-16-27(17-20-32)25-10-8-23(9-11-25)22-4-6-24(7-5-22)26-12-14-28(30)15-13-26/h4-7,12-15,23,25,27,29,32H,3,8-11,16-21H2,1-2H3. The van der Waals surface area contributed by atoms with Crippen molar-refractivity contribution in [2.75, 3.05) is 7.11 Å². The molecule has 1 saturated carbocycles. The molecule has 2 aromatic rings. The molecule has 2 aromatic carbocycles. The molecule has 1 heterocycles. The van der Waals surface area contributed by atoms with Gasteiger partial charge in [0.2, 0.25) is 0 Å². The molecule has 2 fully saturated rings. The van der Waals surface area contributed by atoms with Crippen LogP contribution in [0.25, 0.3) is 11.1 Å². The quantitative estimate of drug-likeness (QED) is 0.367. The van der Waals surface area contributed by atoms with Gasteiger partial charge in [0.1, 0.15) is 5.82 Å². The zero-order chi connectivity index (χ0) is 22.3. The van der Waals surface area contributed by atoms with Crippen LogP contribution in [0.1, 0.15) is 69.8 Å². The number of rotatable bonds is 8. The number of ether oxygens (including phenoxy) is 1. The summed E-state index contributed by atoms with van der Waals surface area (Å²) in [6.45, 7) is 2.25. The van der Waals surface area contributed by atoms with Gasteiger partial charge in [-0.3, -0.25) is 0 Å². The number of hydrogen-bond acceptors (Lipinski definition) is 1. The second kappa shape index (κ2) is 11.6. The molecular formula is C29H41FOSi. The molecule has 0 aromatic heterocycles. The molecule has 174 valence electrons. The Bertz CT molecular complexity index is 798. The molecule has 1 nitrogen and oxygen atoms in total. The highest BCUT2D eigenvalue weighted by Gasteiger charge is 2.31. The van der Waals surface area contributed by atoms with Crippen molar-refractivity contribution >= 4 is 8.80 Å². The lowest BCUT2D eigenvalue weighted by molar-refractivity contribution is 0.0961. The molecule has 1 saturated heterocycles. The average Bonchev–Trinajstić information content (AvgIpc) is 2.86. The largest absolute Gasteiger partial charge is 0.381 e. The Morgan fingerprint density at radius 2 is 1.41 bits per heavy atom. The molecule has 2 aliphatic rings. The van der Waals surface area contributed by atoms with Crippen molar-refractivity contribution < 1.29 is 9.13 Å². The van der Waals surface area contributed by atoms with Gasteiger partial charge in [0, 0.05) is 15.9 Å². The molecule has 0 radical (unpaired) electrons. The first kappa shape index (κ1) is 23.7. The Morgan fingerprint density at radius 3 is 1.97 bits per heavy atom. The third-order valence-electron chi connectivity index (χ3n) is 8.58. The highest BCUT2D eigenvalue weighted by Crippen LogP contribution is 2.44. The van der Waals surface area contributed by atoms with Crippen LogP contribution in [0.5, 0.6) is 0 Å². The maximum Gasteiger partial charge on any atom is 0.123 e. The zero-order valence-corrected chi connectivity index (χ0v) is 21.2. The summed E-state index contributed by atoms with van der Waals surface area (Å²) in [7, 11) is 1.38. The smallest absolute Gasteiger partial charge is 0.123 e. The molecular weight excluding hydrogens is 411 g/mol. The van der Waals surface area contributed by atoms with Crippen LogP contribution in [0.2, 0.25) is 18.1 Å². The van der Waals surface area contributed by atoms with Crippen molar-refractivity contribution in [3.8, 4) is 11.1 Å². The summed E-state index contributed by atoms with van der Waals surface area (Å²) in [5.41, 5.74) is 3.77. The Hall–Kier alpha value is -1.45. The first-order chi connectivity index (χ1) is 15.7. The summed E-state index contributed by atoms with van der Waals surface area (Å²) in [6, 6.07) is 20.5. The van der Waals surface area contributed by atoms with Gasteiger partial charge in [-0.2, -0.15) is 0 Å². The number of halogens is 1. The van der Waals surface area contributed by atoms with Gasteiger partial charge in [-0.05, 0) is 85.1 Å². The molecule has 1 atom stereocenters. The summed E-state index contributed by atoms with van der Waals surface area (Å²) >= 11 is 0. The SMILES string of the molecule is CCC(CC[SiH]1CCC(C2CCC(c3ccc(-c4ccc(F)cc4)cc3)CC2)CC1)OC. The second-order valence-electron chi connectivity index (χ2n) is 10.4. The molecule has 0 amide bonds. The van der Waals surface area contributed by atoms with Gasteiger partial charge in [0.05, 0.1) is 6.10 Å². The van der Waals surface area contributed by atoms with Crippen LogP contribution in [0.3, 0.4) is 0 Å². The van der Waals surface area contributed by atoms with Gasteiger partial charge in [-0.15, -0.1) is 0 Å². The molecule has 0 bridgehead atoms. The fourth-order valence-corrected chi connectivity index (χ4v) is 9.88. The fourth-order valence-electron chi connectivity index (χ4n) is 6.37. The van der Waals surface area contributed by atoms with Crippen molar-refractivity contribution in [1.82, 2.24) is 0 Å². The first-order valence-corrected chi connectivity index (χ1v) is 15.5. The topological polar surface area (TPSA) is 9.23 Å². The van der Waals surface area contributed by atoms with Crippen molar-refractivity contribution in [2.24, 2.45) is 11.8 Å². The summed E-state index contributed by atoms with van der Waals surface area (Å²) in [6.07, 6.45) is 11.5. The molecule has 0 spiro atoms. The predicted molar refractivity (Wildman–Crippen MR) is 137 cm³/mol. The van der Waals surface area contributed by atoms with E-state index in [1.807, 2.05) is 19.2 Å². The lowest BCUT2D eigenvalue weighted by Crippen LogP contribution is -2.28. The summed E-state index contributed by atoms with van der Waals surface area (Å²) < 4.78 is 18.8. The molecule has 4 rings (SSSR count). The lowest BCUT2D eigenvalue weighted by atomic mass is 9.72. The van der Waals surface area contributed by atoms with E-state index in [-0.39, 0.29) is 5.82 Å². The van der Waals surface area contributed by atoms with E-state index in [1.54, 1.807) is 24.2 Å². The van der Waals surface area contributed by atoms with E-state index in [9.17, 15) is 4.39 Å². The van der Waals surface area contributed by atoms with E-state index in [0.717, 1.165) is 23.3 Å². The minimum Gasteiger partial charge on any atom is -0.381 e. The van der Waals surface area contributed by atoms with Gasteiger partial charge >= 0.3 is 0 Å². The Morgan fingerprint density at radius 1 is 0.844 bits per heavy atom. The monoisotopic (exact) mass is 452 g/mol. The minimum atomic E-state index is -0.499. The maximum atomic E-state index is 13.2. The van der Waals surface area contributed by atoms with Gasteiger partial charge in [-0.25, -0.2) is 4.39 Å². The van der Waals surface area contributed by atoms with E-state index in [2.05, 4.69) is 31.2 Å². The molecule has 32 heavy (non-hydrogen) atoms. The van der Waals surface area contributed by atoms with Gasteiger partial charge in [0.25, 0.3) is 0 Å². The van der Waals surface area contributed by atoms with Crippen LogP contribution in [0.15, 0.2) is 48.5 Å². The molecule has 0 N–H and O–H groups in total. The van der Waals surface area contributed by atoms with Crippen LogP contribution in [0.4, 0.5) is 4.39 Å². The van der Waals surface area contributed by atoms with Crippen LogP contribution in [0, 0.1) is 17.7 Å². The van der Waals surface area contributed by atoms with Crippen LogP contribution in [-0.2, 0) is 4.74 Å². The van der Waals surface area contributed by atoms with Crippen molar-refractivity contribution in [3.05, 3.63) is 59.9 Å². The second-order valence-corrected chi connectivity index (χ2v) is 13.8. The molecule has 1 aliphatic heterocycles. The average molecular weight is 453 g/mol. The number of benzene rings is 2. The summed E-state index contributed by atoms with van der Waals surface area (Å²) in [5, 5.41) is 0. The molecule has 3 heteroatoms. The normalized spacial score (nSPS) is 27.2. The minimum absolute atomic E-state index is 0.172. The predicted octanol–water partition coefficient (Wildman–Crippen LogP) is 8.22. The summed E-state index contributed by atoms with van der Waals surface area (Å²) in [4.78, 5) is 0. The highest BCUT2D eigenvalue weighted by atomic mass is 28.3. The Labute approximate surface area is 196 Å². The van der Waals surface area contributed by atoms with E-state index in [0.29, 0.717) is 6.10 Å². The number of hydrogen-bond donors (Lipinski definition) is 0. The van der Waals surface area contributed by atoms with Crippen molar-refractivity contribution in [3.63, 3.8) is 0 Å². The lowest BCUT2D eigenvalue weighted by Gasteiger charge is -2.38. The van der Waals surface area contributed by atoms with E-state index in [4.69, 9.17) is 4.74 Å².